The number of nitrogens with zero attached hydrogens (tertiary/aromatic N) is 1. The van der Waals surface area contributed by atoms with E-state index in [1.807, 2.05) is 6.92 Å². The van der Waals surface area contributed by atoms with Gasteiger partial charge in [0, 0.05) is 11.1 Å². The molecule has 0 aromatic heterocycles. The van der Waals surface area contributed by atoms with E-state index in [4.69, 9.17) is 4.74 Å². The van der Waals surface area contributed by atoms with Crippen LogP contribution < -0.4 is 4.74 Å². The molecule has 0 bridgehead atoms. The number of ketones is 1. The van der Waals surface area contributed by atoms with Gasteiger partial charge in [-0.15, -0.1) is 0 Å². The highest BCUT2D eigenvalue weighted by atomic mass is 32.2. The number of carbonyl (C=O) groups is 1. The summed E-state index contributed by atoms with van der Waals surface area (Å²) in [5.74, 6) is -0.242. The van der Waals surface area contributed by atoms with Gasteiger partial charge in [0.05, 0.1) is 22.6 Å². The zero-order valence-corrected chi connectivity index (χ0v) is 19.4. The van der Waals surface area contributed by atoms with E-state index >= 15 is 0 Å². The van der Waals surface area contributed by atoms with E-state index in [1.165, 1.54) is 55.6 Å². The number of hydrogen-bond acceptors (Lipinski definition) is 6. The Labute approximate surface area is 192 Å². The molecule has 1 aliphatic carbocycles. The Morgan fingerprint density at radius 1 is 0.758 bits per heavy atom. The Morgan fingerprint density at radius 3 is 1.94 bits per heavy atom. The van der Waals surface area contributed by atoms with Gasteiger partial charge in [-0.05, 0) is 49.4 Å². The topological polar surface area (TPSA) is 107 Å². The summed E-state index contributed by atoms with van der Waals surface area (Å²) in [5.41, 5.74) is 1.03. The van der Waals surface area contributed by atoms with Gasteiger partial charge < -0.3 is 4.74 Å². The summed E-state index contributed by atoms with van der Waals surface area (Å²) in [7, 11) is -6.96. The van der Waals surface area contributed by atoms with Crippen LogP contribution in [0.5, 0.6) is 5.75 Å². The number of benzene rings is 3. The molecule has 168 valence electrons. The summed E-state index contributed by atoms with van der Waals surface area (Å²) >= 11 is 0. The molecule has 3 aromatic carbocycles. The van der Waals surface area contributed by atoms with E-state index < -0.39 is 30.5 Å². The average molecular weight is 482 g/mol. The van der Waals surface area contributed by atoms with E-state index in [2.05, 4.69) is 4.40 Å². The zero-order chi connectivity index (χ0) is 23.8. The Bertz CT molecular complexity index is 1520. The fraction of sp³-hybridized carbons (Fsp3) is 0.0833. The van der Waals surface area contributed by atoms with Crippen molar-refractivity contribution in [3.8, 4) is 5.75 Å². The molecule has 0 amide bonds. The largest absolute Gasteiger partial charge is 0.497 e. The van der Waals surface area contributed by atoms with Crippen LogP contribution in [0.3, 0.4) is 0 Å². The lowest BCUT2D eigenvalue weighted by atomic mass is 9.94. The van der Waals surface area contributed by atoms with Crippen molar-refractivity contribution in [3.63, 3.8) is 0 Å². The van der Waals surface area contributed by atoms with Crippen molar-refractivity contribution in [2.24, 2.45) is 4.40 Å². The van der Waals surface area contributed by atoms with Gasteiger partial charge in [0.25, 0.3) is 10.0 Å². The van der Waals surface area contributed by atoms with E-state index in [0.717, 1.165) is 11.6 Å². The predicted molar refractivity (Wildman–Crippen MR) is 124 cm³/mol. The average Bonchev–Trinajstić information content (AvgIpc) is 2.81. The molecule has 4 rings (SSSR count). The SMILES string of the molecule is COc1ccc(S(=O)(=O)/N=C2\C=C(S(=O)(=O)c3ccc(C)cc3)C(=O)c3ccccc32)cc1. The van der Waals surface area contributed by atoms with Crippen LogP contribution in [0.15, 0.2) is 98.0 Å². The number of sulfone groups is 1. The molecule has 7 nitrogen and oxygen atoms in total. The van der Waals surface area contributed by atoms with Gasteiger partial charge >= 0.3 is 0 Å². The number of methoxy groups -OCH3 is 1. The maximum Gasteiger partial charge on any atom is 0.282 e. The molecule has 0 fully saturated rings. The van der Waals surface area contributed by atoms with Crippen molar-refractivity contribution in [2.75, 3.05) is 7.11 Å². The number of ether oxygens (including phenoxy) is 1. The van der Waals surface area contributed by atoms with Crippen molar-refractivity contribution < 1.29 is 26.4 Å². The normalized spacial score (nSPS) is 15.2. The molecule has 1 aliphatic rings. The molecular weight excluding hydrogens is 462 g/mol. The van der Waals surface area contributed by atoms with Gasteiger partial charge in [0.15, 0.2) is 0 Å². The summed E-state index contributed by atoms with van der Waals surface area (Å²) in [6.45, 7) is 1.81. The fourth-order valence-electron chi connectivity index (χ4n) is 3.35. The molecule has 0 heterocycles. The molecule has 33 heavy (non-hydrogen) atoms. The first-order valence-corrected chi connectivity index (χ1v) is 12.7. The van der Waals surface area contributed by atoms with Crippen LogP contribution in [0, 0.1) is 6.92 Å². The van der Waals surface area contributed by atoms with Crippen LogP contribution in [0.4, 0.5) is 0 Å². The quantitative estimate of drug-likeness (QED) is 0.550. The van der Waals surface area contributed by atoms with Crippen molar-refractivity contribution >= 4 is 31.4 Å². The highest BCUT2D eigenvalue weighted by Gasteiger charge is 2.34. The second-order valence-electron chi connectivity index (χ2n) is 7.33. The van der Waals surface area contributed by atoms with Crippen molar-refractivity contribution in [3.05, 3.63) is 100 Å². The van der Waals surface area contributed by atoms with Crippen LogP contribution >= 0.6 is 0 Å². The van der Waals surface area contributed by atoms with Crippen LogP contribution in [0.2, 0.25) is 0 Å². The Hall–Kier alpha value is -3.56. The van der Waals surface area contributed by atoms with Crippen molar-refractivity contribution in [1.29, 1.82) is 0 Å². The Balaban J connectivity index is 1.89. The number of hydrogen-bond donors (Lipinski definition) is 0. The lowest BCUT2D eigenvalue weighted by Gasteiger charge is -2.18. The minimum Gasteiger partial charge on any atom is -0.497 e. The summed E-state index contributed by atoms with van der Waals surface area (Å²) in [6, 6.07) is 17.9. The van der Waals surface area contributed by atoms with E-state index in [9.17, 15) is 21.6 Å². The number of rotatable bonds is 5. The first-order chi connectivity index (χ1) is 15.6. The molecule has 0 unspecified atom stereocenters. The Kier molecular flexibility index (Phi) is 5.77. The van der Waals surface area contributed by atoms with Gasteiger partial charge in [0.1, 0.15) is 10.7 Å². The molecule has 0 aliphatic heterocycles. The highest BCUT2D eigenvalue weighted by Crippen LogP contribution is 2.30. The number of carbonyl (C=O) groups excluding carboxylic acids is 1. The molecule has 0 saturated heterocycles. The first kappa shape index (κ1) is 22.6. The molecule has 9 heteroatoms. The molecule has 0 N–H and O–H groups in total. The van der Waals surface area contributed by atoms with Gasteiger partial charge in [-0.1, -0.05) is 42.0 Å². The number of Topliss-reactive ketones (excluding diaryl/α,β-unsaturated/α-hetero) is 1. The van der Waals surface area contributed by atoms with Crippen molar-refractivity contribution in [2.45, 2.75) is 16.7 Å². The van der Waals surface area contributed by atoms with Gasteiger partial charge in [0.2, 0.25) is 15.6 Å². The molecular formula is C24H19NO6S2. The lowest BCUT2D eigenvalue weighted by molar-refractivity contribution is 0.104. The van der Waals surface area contributed by atoms with Gasteiger partial charge in [-0.3, -0.25) is 4.79 Å². The fourth-order valence-corrected chi connectivity index (χ4v) is 5.72. The van der Waals surface area contributed by atoms with Crippen molar-refractivity contribution in [1.82, 2.24) is 0 Å². The minimum atomic E-state index is -4.21. The standard InChI is InChI=1S/C24H19NO6S2/c1-16-7-11-18(12-8-16)32(27,28)23-15-22(20-5-3-4-6-21(20)24(23)26)25-33(29,30)19-13-9-17(31-2)10-14-19/h3-15H,1-2H3/b25-22+. The zero-order valence-electron chi connectivity index (χ0n) is 17.7. The summed E-state index contributed by atoms with van der Waals surface area (Å²) in [4.78, 5) is 12.4. The number of aryl methyl sites for hydroxylation is 1. The molecule has 0 atom stereocenters. The second-order valence-corrected chi connectivity index (χ2v) is 10.8. The first-order valence-electron chi connectivity index (χ1n) is 9.80. The van der Waals surface area contributed by atoms with E-state index in [0.29, 0.717) is 5.75 Å². The third-order valence-electron chi connectivity index (χ3n) is 5.14. The maximum absolute atomic E-state index is 13.3. The second kappa shape index (κ2) is 8.42. The van der Waals surface area contributed by atoms with E-state index in [-0.39, 0.29) is 26.6 Å². The van der Waals surface area contributed by atoms with Gasteiger partial charge in [-0.25, -0.2) is 8.42 Å². The number of allylic oxidation sites excluding steroid dienone is 2. The number of sulfonamides is 1. The van der Waals surface area contributed by atoms with Crippen LogP contribution in [0.25, 0.3) is 0 Å². The minimum absolute atomic E-state index is 0.0642. The molecule has 0 spiro atoms. The van der Waals surface area contributed by atoms with Crippen LogP contribution in [-0.4, -0.2) is 35.4 Å². The summed E-state index contributed by atoms with van der Waals surface area (Å²) in [6.07, 6.45) is 1.03. The Morgan fingerprint density at radius 2 is 1.33 bits per heavy atom. The molecule has 0 radical (unpaired) electrons. The molecule has 0 saturated carbocycles. The molecule has 3 aromatic rings. The van der Waals surface area contributed by atoms with Crippen LogP contribution in [-0.2, 0) is 19.9 Å². The predicted octanol–water partition coefficient (Wildman–Crippen LogP) is 3.74. The smallest absolute Gasteiger partial charge is 0.282 e. The summed E-state index contributed by atoms with van der Waals surface area (Å²) in [5, 5.41) is 0. The summed E-state index contributed by atoms with van der Waals surface area (Å²) < 4.78 is 61.4. The van der Waals surface area contributed by atoms with Gasteiger partial charge in [-0.2, -0.15) is 12.8 Å². The number of fused-ring (bicyclic) bond motifs is 1. The monoisotopic (exact) mass is 481 g/mol. The maximum atomic E-state index is 13.3. The highest BCUT2D eigenvalue weighted by molar-refractivity contribution is 7.96. The third kappa shape index (κ3) is 4.24. The lowest BCUT2D eigenvalue weighted by Crippen LogP contribution is -2.23. The third-order valence-corrected chi connectivity index (χ3v) is 8.22. The van der Waals surface area contributed by atoms with Crippen LogP contribution in [0.1, 0.15) is 21.5 Å². The van der Waals surface area contributed by atoms with E-state index in [1.54, 1.807) is 24.3 Å².